The molecule has 1 aromatic heterocycles. The lowest BCUT2D eigenvalue weighted by atomic mass is 9.96. The summed E-state index contributed by atoms with van der Waals surface area (Å²) in [4.78, 5) is 26.6. The van der Waals surface area contributed by atoms with E-state index >= 15 is 0 Å². The van der Waals surface area contributed by atoms with E-state index in [2.05, 4.69) is 9.72 Å². The molecule has 0 bridgehead atoms. The Morgan fingerprint density at radius 2 is 2.24 bits per heavy atom. The van der Waals surface area contributed by atoms with Gasteiger partial charge in [-0.1, -0.05) is 0 Å². The number of pyridine rings is 1. The summed E-state index contributed by atoms with van der Waals surface area (Å²) in [6, 6.07) is 3.55. The molecule has 5 nitrogen and oxygen atoms in total. The summed E-state index contributed by atoms with van der Waals surface area (Å²) in [6.45, 7) is 1.34. The number of rotatable bonds is 4. The SMILES string of the molecule is COC(=O)C(Cc1cncc(C#N)c1)C(C)=O. The molecule has 0 spiro atoms. The van der Waals surface area contributed by atoms with E-state index in [0.717, 1.165) is 0 Å². The maximum atomic E-state index is 11.4. The van der Waals surface area contributed by atoms with Gasteiger partial charge in [-0.2, -0.15) is 5.26 Å². The summed E-state index contributed by atoms with van der Waals surface area (Å²) in [7, 11) is 1.24. The van der Waals surface area contributed by atoms with E-state index in [1.54, 1.807) is 6.07 Å². The lowest BCUT2D eigenvalue weighted by Crippen LogP contribution is -2.25. The number of carbonyl (C=O) groups excluding carboxylic acids is 2. The van der Waals surface area contributed by atoms with Gasteiger partial charge in [0.1, 0.15) is 17.8 Å². The Labute approximate surface area is 99.0 Å². The molecule has 0 amide bonds. The van der Waals surface area contributed by atoms with Crippen LogP contribution in [0.15, 0.2) is 18.5 Å². The minimum absolute atomic E-state index is 0.199. The van der Waals surface area contributed by atoms with Crippen LogP contribution < -0.4 is 0 Å². The number of hydrogen-bond donors (Lipinski definition) is 0. The molecule has 17 heavy (non-hydrogen) atoms. The van der Waals surface area contributed by atoms with E-state index in [9.17, 15) is 9.59 Å². The quantitative estimate of drug-likeness (QED) is 0.568. The Kier molecular flexibility index (Phi) is 4.35. The third-order valence-corrected chi connectivity index (χ3v) is 2.34. The number of aromatic nitrogens is 1. The first-order chi connectivity index (χ1) is 8.08. The normalized spacial score (nSPS) is 11.4. The van der Waals surface area contributed by atoms with Crippen molar-refractivity contribution in [3.05, 3.63) is 29.6 Å². The first-order valence-corrected chi connectivity index (χ1v) is 5.00. The van der Waals surface area contributed by atoms with Gasteiger partial charge in [0.2, 0.25) is 0 Å². The number of hydrogen-bond acceptors (Lipinski definition) is 5. The molecule has 1 rings (SSSR count). The Morgan fingerprint density at radius 1 is 1.53 bits per heavy atom. The van der Waals surface area contributed by atoms with Gasteiger partial charge in [-0.05, 0) is 25.0 Å². The lowest BCUT2D eigenvalue weighted by Gasteiger charge is -2.10. The van der Waals surface area contributed by atoms with Crippen LogP contribution in [0.25, 0.3) is 0 Å². The van der Waals surface area contributed by atoms with Crippen LogP contribution in [0.1, 0.15) is 18.1 Å². The van der Waals surface area contributed by atoms with Crippen LogP contribution in [0, 0.1) is 17.2 Å². The van der Waals surface area contributed by atoms with E-state index in [1.807, 2.05) is 6.07 Å². The molecule has 0 saturated carbocycles. The number of ether oxygens (including phenoxy) is 1. The van der Waals surface area contributed by atoms with E-state index in [0.29, 0.717) is 11.1 Å². The fourth-order valence-electron chi connectivity index (χ4n) is 1.43. The minimum Gasteiger partial charge on any atom is -0.468 e. The highest BCUT2D eigenvalue weighted by atomic mass is 16.5. The van der Waals surface area contributed by atoms with Crippen molar-refractivity contribution >= 4 is 11.8 Å². The standard InChI is InChI=1S/C12H12N2O3/c1-8(15)11(12(16)17-2)4-9-3-10(5-13)7-14-6-9/h3,6-7,11H,4H2,1-2H3. The predicted molar refractivity (Wildman–Crippen MR) is 58.8 cm³/mol. The molecule has 0 N–H and O–H groups in total. The maximum absolute atomic E-state index is 11.4. The molecule has 1 unspecified atom stereocenters. The molecule has 0 saturated heterocycles. The Hall–Kier alpha value is -2.22. The molecule has 5 heteroatoms. The highest BCUT2D eigenvalue weighted by molar-refractivity contribution is 5.97. The molecule has 0 fully saturated rings. The Morgan fingerprint density at radius 3 is 2.76 bits per heavy atom. The monoisotopic (exact) mass is 232 g/mol. The highest BCUT2D eigenvalue weighted by Crippen LogP contribution is 2.12. The lowest BCUT2D eigenvalue weighted by molar-refractivity contribution is -0.148. The largest absolute Gasteiger partial charge is 0.468 e. The molecule has 0 radical (unpaired) electrons. The minimum atomic E-state index is -0.837. The van der Waals surface area contributed by atoms with Crippen molar-refractivity contribution in [1.82, 2.24) is 4.98 Å². The van der Waals surface area contributed by atoms with Crippen LogP contribution in [0.2, 0.25) is 0 Å². The van der Waals surface area contributed by atoms with Gasteiger partial charge in [0.15, 0.2) is 0 Å². The summed E-state index contributed by atoms with van der Waals surface area (Å²) in [5.74, 6) is -1.67. The molecule has 1 atom stereocenters. The van der Waals surface area contributed by atoms with Gasteiger partial charge < -0.3 is 4.74 Å². The Bertz CT molecular complexity index is 477. The van der Waals surface area contributed by atoms with Crippen LogP contribution in [0.3, 0.4) is 0 Å². The number of Topliss-reactive ketones (excluding diaryl/α,β-unsaturated/α-hetero) is 1. The second-order valence-corrected chi connectivity index (χ2v) is 3.58. The molecule has 88 valence electrons. The van der Waals surface area contributed by atoms with Gasteiger partial charge in [-0.3, -0.25) is 14.6 Å². The van der Waals surface area contributed by atoms with Crippen molar-refractivity contribution in [2.45, 2.75) is 13.3 Å². The summed E-state index contributed by atoms with van der Waals surface area (Å²) >= 11 is 0. The van der Waals surface area contributed by atoms with Crippen molar-refractivity contribution in [3.8, 4) is 6.07 Å². The van der Waals surface area contributed by atoms with Gasteiger partial charge >= 0.3 is 5.97 Å². The average molecular weight is 232 g/mol. The van der Waals surface area contributed by atoms with Crippen molar-refractivity contribution in [2.24, 2.45) is 5.92 Å². The number of methoxy groups -OCH3 is 1. The van der Waals surface area contributed by atoms with Crippen LogP contribution >= 0.6 is 0 Å². The van der Waals surface area contributed by atoms with Crippen molar-refractivity contribution in [3.63, 3.8) is 0 Å². The molecule has 0 aliphatic heterocycles. The van der Waals surface area contributed by atoms with Crippen LogP contribution in [-0.4, -0.2) is 23.8 Å². The summed E-state index contributed by atoms with van der Waals surface area (Å²) < 4.78 is 4.56. The van der Waals surface area contributed by atoms with Crippen molar-refractivity contribution < 1.29 is 14.3 Å². The number of carbonyl (C=O) groups is 2. The van der Waals surface area contributed by atoms with E-state index in [4.69, 9.17) is 5.26 Å². The summed E-state index contributed by atoms with van der Waals surface area (Å²) in [5.41, 5.74) is 1.06. The van der Waals surface area contributed by atoms with Crippen LogP contribution in [0.5, 0.6) is 0 Å². The smallest absolute Gasteiger partial charge is 0.316 e. The van der Waals surface area contributed by atoms with Crippen molar-refractivity contribution in [1.29, 1.82) is 5.26 Å². The van der Waals surface area contributed by atoms with Crippen molar-refractivity contribution in [2.75, 3.05) is 7.11 Å². The first-order valence-electron chi connectivity index (χ1n) is 5.00. The fourth-order valence-corrected chi connectivity index (χ4v) is 1.43. The topological polar surface area (TPSA) is 80.0 Å². The number of ketones is 1. The molecular formula is C12H12N2O3. The molecule has 0 aliphatic rings. The van der Waals surface area contributed by atoms with Crippen LogP contribution in [-0.2, 0) is 20.7 Å². The highest BCUT2D eigenvalue weighted by Gasteiger charge is 2.24. The van der Waals surface area contributed by atoms with Gasteiger partial charge in [-0.15, -0.1) is 0 Å². The van der Waals surface area contributed by atoms with E-state index in [1.165, 1.54) is 26.4 Å². The van der Waals surface area contributed by atoms with Gasteiger partial charge in [-0.25, -0.2) is 0 Å². The third-order valence-electron chi connectivity index (χ3n) is 2.34. The summed E-state index contributed by atoms with van der Waals surface area (Å²) in [6.07, 6.45) is 3.15. The molecule has 1 heterocycles. The predicted octanol–water partition coefficient (Wildman–Crippen LogP) is 0.874. The zero-order valence-electron chi connectivity index (χ0n) is 9.64. The molecule has 0 aliphatic carbocycles. The second-order valence-electron chi connectivity index (χ2n) is 3.58. The summed E-state index contributed by atoms with van der Waals surface area (Å²) in [5, 5.41) is 8.71. The number of nitrogens with zero attached hydrogens (tertiary/aromatic N) is 2. The average Bonchev–Trinajstić information content (AvgIpc) is 2.35. The van der Waals surface area contributed by atoms with Gasteiger partial charge in [0, 0.05) is 12.4 Å². The zero-order chi connectivity index (χ0) is 12.8. The van der Waals surface area contributed by atoms with Gasteiger partial charge in [0.25, 0.3) is 0 Å². The zero-order valence-corrected chi connectivity index (χ0v) is 9.64. The van der Waals surface area contributed by atoms with Gasteiger partial charge in [0.05, 0.1) is 12.7 Å². The Balaban J connectivity index is 2.90. The molecule has 1 aromatic rings. The maximum Gasteiger partial charge on any atom is 0.316 e. The van der Waals surface area contributed by atoms with Crippen LogP contribution in [0.4, 0.5) is 0 Å². The molecule has 0 aromatic carbocycles. The molecular weight excluding hydrogens is 220 g/mol. The van der Waals surface area contributed by atoms with E-state index < -0.39 is 11.9 Å². The number of esters is 1. The fraction of sp³-hybridized carbons (Fsp3) is 0.333. The number of nitriles is 1. The van der Waals surface area contributed by atoms with E-state index in [-0.39, 0.29) is 12.2 Å². The second kappa shape index (κ2) is 5.75. The third kappa shape index (κ3) is 3.38. The first kappa shape index (κ1) is 12.8.